The molecule has 1 aromatic heterocycles. The molecule has 0 atom stereocenters. The number of benzene rings is 3. The van der Waals surface area contributed by atoms with Crippen LogP contribution in [0.3, 0.4) is 0 Å². The molecule has 0 saturated heterocycles. The molecular weight excluding hydrogens is 408 g/mol. The van der Waals surface area contributed by atoms with Gasteiger partial charge in [-0.05, 0) is 42.5 Å². The summed E-state index contributed by atoms with van der Waals surface area (Å²) in [6.07, 6.45) is 0. The summed E-state index contributed by atoms with van der Waals surface area (Å²) in [5.41, 5.74) is 1.75. The zero-order chi connectivity index (χ0) is 21.4. The number of carboxylic acid groups (broad SMARTS) is 1. The fraction of sp³-hybridized carbons (Fsp3) is 0.0909. The highest BCUT2D eigenvalue weighted by molar-refractivity contribution is 6.33. The number of methoxy groups -OCH3 is 1. The first-order valence-corrected chi connectivity index (χ1v) is 9.37. The lowest BCUT2D eigenvalue weighted by atomic mass is 10.1. The van der Waals surface area contributed by atoms with E-state index in [4.69, 9.17) is 16.3 Å². The third-order valence-electron chi connectivity index (χ3n) is 4.76. The van der Waals surface area contributed by atoms with Gasteiger partial charge in [0, 0.05) is 22.8 Å². The van der Waals surface area contributed by atoms with Crippen molar-refractivity contribution in [2.24, 2.45) is 0 Å². The number of anilines is 2. The standard InChI is InChI=1S/C22H17ClN2O5/c1-30-22-17(23)8-7-16-20(22)25(11-19(27)28)18-10-13(5-6-15(18)21(16)29)24-12-3-2-4-14(26)9-12/h2-10,24,26H,11H2,1H3,(H,27,28). The van der Waals surface area contributed by atoms with Gasteiger partial charge in [0.25, 0.3) is 0 Å². The highest BCUT2D eigenvalue weighted by Crippen LogP contribution is 2.34. The van der Waals surface area contributed by atoms with Crippen LogP contribution in [0.15, 0.2) is 59.4 Å². The average molecular weight is 425 g/mol. The Morgan fingerprint density at radius 3 is 2.53 bits per heavy atom. The largest absolute Gasteiger partial charge is 0.508 e. The van der Waals surface area contributed by atoms with Gasteiger partial charge in [-0.3, -0.25) is 9.59 Å². The molecule has 4 rings (SSSR count). The molecule has 0 aliphatic heterocycles. The summed E-state index contributed by atoms with van der Waals surface area (Å²) in [5, 5.41) is 23.3. The van der Waals surface area contributed by atoms with Gasteiger partial charge in [0.1, 0.15) is 12.3 Å². The third kappa shape index (κ3) is 3.40. The van der Waals surface area contributed by atoms with Crippen LogP contribution in [-0.2, 0) is 11.3 Å². The number of carboxylic acids is 1. The maximum absolute atomic E-state index is 13.1. The molecule has 0 fully saturated rings. The molecule has 3 aromatic carbocycles. The van der Waals surface area contributed by atoms with Crippen LogP contribution < -0.4 is 15.5 Å². The summed E-state index contributed by atoms with van der Waals surface area (Å²) in [6, 6.07) is 14.7. The topological polar surface area (TPSA) is 101 Å². The Hall–Kier alpha value is -3.71. The van der Waals surface area contributed by atoms with Crippen LogP contribution in [0.4, 0.5) is 11.4 Å². The molecule has 8 heteroatoms. The van der Waals surface area contributed by atoms with Gasteiger partial charge in [-0.25, -0.2) is 0 Å². The van der Waals surface area contributed by atoms with Crippen LogP contribution in [0.5, 0.6) is 11.5 Å². The Bertz CT molecular complexity index is 1360. The minimum atomic E-state index is -1.07. The molecule has 0 spiro atoms. The van der Waals surface area contributed by atoms with Crippen LogP contribution in [0, 0.1) is 0 Å². The number of phenolic OH excluding ortho intramolecular Hbond substituents is 1. The number of aromatic hydroxyl groups is 1. The van der Waals surface area contributed by atoms with Crippen molar-refractivity contribution < 1.29 is 19.7 Å². The van der Waals surface area contributed by atoms with Crippen LogP contribution in [0.1, 0.15) is 0 Å². The summed E-state index contributed by atoms with van der Waals surface area (Å²) in [5.74, 6) is -0.732. The number of pyridine rings is 1. The second-order valence-corrected chi connectivity index (χ2v) is 7.10. The lowest BCUT2D eigenvalue weighted by Crippen LogP contribution is -2.17. The van der Waals surface area contributed by atoms with Crippen molar-refractivity contribution in [3.05, 3.63) is 69.8 Å². The van der Waals surface area contributed by atoms with E-state index in [1.165, 1.54) is 11.7 Å². The van der Waals surface area contributed by atoms with Gasteiger partial charge in [0.05, 0.1) is 28.6 Å². The monoisotopic (exact) mass is 424 g/mol. The zero-order valence-electron chi connectivity index (χ0n) is 15.8. The maximum Gasteiger partial charge on any atom is 0.323 e. The molecule has 1 heterocycles. The first-order valence-electron chi connectivity index (χ1n) is 8.99. The number of aromatic nitrogens is 1. The van der Waals surface area contributed by atoms with Crippen molar-refractivity contribution in [2.75, 3.05) is 12.4 Å². The number of carbonyl (C=O) groups is 1. The van der Waals surface area contributed by atoms with Crippen LogP contribution in [-0.4, -0.2) is 27.9 Å². The fourth-order valence-electron chi connectivity index (χ4n) is 3.53. The molecule has 3 N–H and O–H groups in total. The van der Waals surface area contributed by atoms with Gasteiger partial charge in [-0.2, -0.15) is 0 Å². The van der Waals surface area contributed by atoms with Crippen LogP contribution in [0.2, 0.25) is 5.02 Å². The van der Waals surface area contributed by atoms with Gasteiger partial charge in [-0.15, -0.1) is 0 Å². The molecule has 0 saturated carbocycles. The average Bonchev–Trinajstić information content (AvgIpc) is 2.70. The number of hydrogen-bond donors (Lipinski definition) is 3. The van der Waals surface area contributed by atoms with Crippen molar-refractivity contribution in [1.29, 1.82) is 0 Å². The number of aliphatic carboxylic acids is 1. The number of hydrogen-bond acceptors (Lipinski definition) is 5. The third-order valence-corrected chi connectivity index (χ3v) is 5.06. The molecule has 30 heavy (non-hydrogen) atoms. The second kappa shape index (κ2) is 7.61. The molecule has 0 unspecified atom stereocenters. The summed E-state index contributed by atoms with van der Waals surface area (Å²) in [4.78, 5) is 24.7. The summed E-state index contributed by atoms with van der Waals surface area (Å²) >= 11 is 6.24. The van der Waals surface area contributed by atoms with E-state index < -0.39 is 5.97 Å². The molecule has 0 aliphatic carbocycles. The molecule has 0 bridgehead atoms. The Morgan fingerprint density at radius 1 is 1.10 bits per heavy atom. The van der Waals surface area contributed by atoms with Gasteiger partial charge >= 0.3 is 5.97 Å². The summed E-state index contributed by atoms with van der Waals surface area (Å²) < 4.78 is 6.90. The number of ether oxygens (including phenoxy) is 1. The van der Waals surface area contributed by atoms with Crippen LogP contribution in [0.25, 0.3) is 21.8 Å². The molecule has 0 amide bonds. The predicted octanol–water partition coefficient (Wildman–Crippen LogP) is 4.35. The lowest BCUT2D eigenvalue weighted by Gasteiger charge is -2.17. The van der Waals surface area contributed by atoms with Crippen molar-refractivity contribution in [3.8, 4) is 11.5 Å². The van der Waals surface area contributed by atoms with E-state index in [1.54, 1.807) is 54.6 Å². The van der Waals surface area contributed by atoms with E-state index >= 15 is 0 Å². The number of rotatable bonds is 5. The first kappa shape index (κ1) is 19.6. The highest BCUT2D eigenvalue weighted by atomic mass is 35.5. The smallest absolute Gasteiger partial charge is 0.323 e. The molecule has 152 valence electrons. The second-order valence-electron chi connectivity index (χ2n) is 6.69. The number of nitrogens with zero attached hydrogens (tertiary/aromatic N) is 1. The van der Waals surface area contributed by atoms with Gasteiger partial charge in [0.15, 0.2) is 11.2 Å². The normalized spacial score (nSPS) is 11.0. The Balaban J connectivity index is 2.03. The molecular formula is C22H17ClN2O5. The fourth-order valence-corrected chi connectivity index (χ4v) is 3.76. The lowest BCUT2D eigenvalue weighted by molar-refractivity contribution is -0.137. The van der Waals surface area contributed by atoms with E-state index in [1.807, 2.05) is 0 Å². The SMILES string of the molecule is COc1c(Cl)ccc2c(=O)c3ccc(Nc4cccc(O)c4)cc3n(CC(=O)O)c12. The number of phenols is 1. The van der Waals surface area contributed by atoms with Gasteiger partial charge in [0.2, 0.25) is 0 Å². The number of halogens is 1. The summed E-state index contributed by atoms with van der Waals surface area (Å²) in [7, 11) is 1.42. The Morgan fingerprint density at radius 2 is 1.83 bits per heavy atom. The predicted molar refractivity (Wildman–Crippen MR) is 116 cm³/mol. The van der Waals surface area contributed by atoms with Gasteiger partial charge in [-0.1, -0.05) is 17.7 Å². The van der Waals surface area contributed by atoms with Crippen molar-refractivity contribution in [3.63, 3.8) is 0 Å². The van der Waals surface area contributed by atoms with Crippen molar-refractivity contribution >= 4 is 50.8 Å². The van der Waals surface area contributed by atoms with Gasteiger partial charge < -0.3 is 24.8 Å². The summed E-state index contributed by atoms with van der Waals surface area (Å²) in [6.45, 7) is -0.389. The minimum Gasteiger partial charge on any atom is -0.508 e. The maximum atomic E-state index is 13.1. The van der Waals surface area contributed by atoms with Crippen molar-refractivity contribution in [1.82, 2.24) is 4.57 Å². The molecule has 4 aromatic rings. The van der Waals surface area contributed by atoms with E-state index in [0.717, 1.165) is 0 Å². The molecule has 0 aliphatic rings. The highest BCUT2D eigenvalue weighted by Gasteiger charge is 2.19. The number of fused-ring (bicyclic) bond motifs is 2. The quantitative estimate of drug-likeness (QED) is 0.412. The van der Waals surface area contributed by atoms with E-state index in [-0.39, 0.29) is 28.5 Å². The van der Waals surface area contributed by atoms with E-state index in [9.17, 15) is 19.8 Å². The van der Waals surface area contributed by atoms with E-state index in [0.29, 0.717) is 33.2 Å². The molecule has 0 radical (unpaired) electrons. The Kier molecular flexibility index (Phi) is 4.97. The van der Waals surface area contributed by atoms with Crippen molar-refractivity contribution in [2.45, 2.75) is 6.54 Å². The Labute approximate surface area is 175 Å². The minimum absolute atomic E-state index is 0.106. The zero-order valence-corrected chi connectivity index (χ0v) is 16.6. The van der Waals surface area contributed by atoms with E-state index in [2.05, 4.69) is 5.32 Å². The van der Waals surface area contributed by atoms with Crippen LogP contribution >= 0.6 is 11.6 Å². The molecule has 7 nitrogen and oxygen atoms in total. The first-order chi connectivity index (χ1) is 14.4. The number of nitrogens with one attached hydrogen (secondary N) is 1.